The fourth-order valence-corrected chi connectivity index (χ4v) is 4.68. The Morgan fingerprint density at radius 2 is 1.44 bits per heavy atom. The minimum absolute atomic E-state index is 0.0899. The van der Waals surface area contributed by atoms with E-state index in [1.165, 1.54) is 16.5 Å². The van der Waals surface area contributed by atoms with E-state index in [0.29, 0.717) is 35.5 Å². The minimum atomic E-state index is -0.426. The van der Waals surface area contributed by atoms with Crippen LogP contribution in [0, 0.1) is 12.7 Å². The van der Waals surface area contributed by atoms with Crippen LogP contribution >= 0.6 is 0 Å². The van der Waals surface area contributed by atoms with Gasteiger partial charge in [-0.15, -0.1) is 0 Å². The zero-order valence-corrected chi connectivity index (χ0v) is 19.1. The van der Waals surface area contributed by atoms with Gasteiger partial charge in [0.25, 0.3) is 11.8 Å². The number of piperazine rings is 1. The van der Waals surface area contributed by atoms with Gasteiger partial charge in [0.05, 0.1) is 12.1 Å². The molecule has 172 valence electrons. The summed E-state index contributed by atoms with van der Waals surface area (Å²) >= 11 is 0. The summed E-state index contributed by atoms with van der Waals surface area (Å²) in [7, 11) is 0. The number of rotatable bonds is 5. The second-order valence-electron chi connectivity index (χ2n) is 8.69. The molecule has 0 radical (unpaired) electrons. The molecule has 0 unspecified atom stereocenters. The normalized spacial score (nSPS) is 16.6. The lowest BCUT2D eigenvalue weighted by Crippen LogP contribution is -2.47. The molecule has 0 atom stereocenters. The largest absolute Gasteiger partial charge is 0.368 e. The van der Waals surface area contributed by atoms with Crippen molar-refractivity contribution in [3.63, 3.8) is 0 Å². The van der Waals surface area contributed by atoms with Crippen LogP contribution in [0.4, 0.5) is 10.1 Å². The Morgan fingerprint density at radius 3 is 2.15 bits per heavy atom. The van der Waals surface area contributed by atoms with Crippen LogP contribution in [-0.2, 0) is 16.1 Å². The lowest BCUT2D eigenvalue weighted by Gasteiger charge is -2.37. The van der Waals surface area contributed by atoms with Gasteiger partial charge in [-0.2, -0.15) is 0 Å². The number of carbonyl (C=O) groups is 2. The Hall–Kier alpha value is -3.93. The highest BCUT2D eigenvalue weighted by atomic mass is 19.1. The molecule has 0 aliphatic carbocycles. The summed E-state index contributed by atoms with van der Waals surface area (Å²) in [6, 6.07) is 23.9. The maximum Gasteiger partial charge on any atom is 0.278 e. The molecule has 34 heavy (non-hydrogen) atoms. The van der Waals surface area contributed by atoms with Crippen molar-refractivity contribution in [3.05, 3.63) is 107 Å². The Morgan fingerprint density at radius 1 is 0.765 bits per heavy atom. The monoisotopic (exact) mass is 455 g/mol. The van der Waals surface area contributed by atoms with Crippen molar-refractivity contribution in [2.45, 2.75) is 13.5 Å². The van der Waals surface area contributed by atoms with Gasteiger partial charge >= 0.3 is 0 Å². The highest BCUT2D eigenvalue weighted by molar-refractivity contribution is 6.35. The number of hydrogen-bond donors (Lipinski definition) is 0. The first-order valence-electron chi connectivity index (χ1n) is 11.5. The summed E-state index contributed by atoms with van der Waals surface area (Å²) in [6.07, 6.45) is 0. The number of halogens is 1. The van der Waals surface area contributed by atoms with Crippen LogP contribution in [0.1, 0.15) is 16.7 Å². The van der Waals surface area contributed by atoms with E-state index in [1.54, 1.807) is 18.2 Å². The van der Waals surface area contributed by atoms with Crippen LogP contribution < -0.4 is 4.90 Å². The van der Waals surface area contributed by atoms with Gasteiger partial charge in [0.1, 0.15) is 11.5 Å². The van der Waals surface area contributed by atoms with Gasteiger partial charge in [-0.25, -0.2) is 4.39 Å². The molecule has 5 rings (SSSR count). The molecule has 0 N–H and O–H groups in total. The number of aryl methyl sites for hydroxylation is 1. The minimum Gasteiger partial charge on any atom is -0.368 e. The molecule has 3 aromatic carbocycles. The first-order valence-corrected chi connectivity index (χ1v) is 11.5. The van der Waals surface area contributed by atoms with E-state index in [-0.39, 0.29) is 18.4 Å². The van der Waals surface area contributed by atoms with E-state index in [2.05, 4.69) is 30.0 Å². The first kappa shape index (κ1) is 21.9. The van der Waals surface area contributed by atoms with Gasteiger partial charge in [-0.3, -0.25) is 14.5 Å². The van der Waals surface area contributed by atoms with Crippen molar-refractivity contribution in [3.8, 4) is 0 Å². The highest BCUT2D eigenvalue weighted by Crippen LogP contribution is 2.33. The third-order valence-electron chi connectivity index (χ3n) is 6.46. The average Bonchev–Trinajstić information content (AvgIpc) is 3.11. The summed E-state index contributed by atoms with van der Waals surface area (Å²) in [5.41, 5.74) is 4.19. The van der Waals surface area contributed by atoms with Crippen LogP contribution in [0.25, 0.3) is 5.57 Å². The van der Waals surface area contributed by atoms with Crippen LogP contribution in [0.5, 0.6) is 0 Å². The maximum atomic E-state index is 14.3. The second-order valence-corrected chi connectivity index (χ2v) is 8.69. The van der Waals surface area contributed by atoms with Crippen molar-refractivity contribution in [2.75, 3.05) is 31.1 Å². The van der Waals surface area contributed by atoms with E-state index < -0.39 is 5.82 Å². The Balaban J connectivity index is 1.44. The molecule has 2 aliphatic rings. The molecular weight excluding hydrogens is 429 g/mol. The third-order valence-corrected chi connectivity index (χ3v) is 6.46. The summed E-state index contributed by atoms with van der Waals surface area (Å²) in [6.45, 7) is 4.70. The number of nitrogens with zero attached hydrogens (tertiary/aromatic N) is 3. The van der Waals surface area contributed by atoms with Gasteiger partial charge in [0.15, 0.2) is 0 Å². The molecule has 0 spiro atoms. The van der Waals surface area contributed by atoms with Crippen molar-refractivity contribution in [1.82, 2.24) is 9.80 Å². The third kappa shape index (κ3) is 4.07. The van der Waals surface area contributed by atoms with Crippen LogP contribution in [-0.4, -0.2) is 47.8 Å². The summed E-state index contributed by atoms with van der Waals surface area (Å²) in [5.74, 6) is -1.17. The highest BCUT2D eigenvalue weighted by Gasteiger charge is 2.42. The molecule has 2 aliphatic heterocycles. The first-order chi connectivity index (χ1) is 16.5. The van der Waals surface area contributed by atoms with Gasteiger partial charge < -0.3 is 9.80 Å². The molecule has 0 saturated carbocycles. The van der Waals surface area contributed by atoms with Gasteiger partial charge in [0, 0.05) is 37.4 Å². The van der Waals surface area contributed by atoms with Crippen LogP contribution in [0.3, 0.4) is 0 Å². The predicted octanol–water partition coefficient (Wildman–Crippen LogP) is 4.24. The molecular formula is C28H26FN3O2. The average molecular weight is 456 g/mol. The molecule has 6 heteroatoms. The van der Waals surface area contributed by atoms with Crippen molar-refractivity contribution in [2.24, 2.45) is 0 Å². The fraction of sp³-hybridized carbons (Fsp3) is 0.214. The zero-order chi connectivity index (χ0) is 23.7. The van der Waals surface area contributed by atoms with Crippen molar-refractivity contribution >= 4 is 23.1 Å². The molecule has 2 amide bonds. The van der Waals surface area contributed by atoms with E-state index in [1.807, 2.05) is 41.3 Å². The Bertz CT molecular complexity index is 1260. The summed E-state index contributed by atoms with van der Waals surface area (Å²) in [5, 5.41) is 0. The Kier molecular flexibility index (Phi) is 5.88. The summed E-state index contributed by atoms with van der Waals surface area (Å²) in [4.78, 5) is 32.6. The molecule has 3 aromatic rings. The standard InChI is InChI=1S/C28H26FN3O2/c1-20-8-7-12-23(18-20)30-14-16-31(17-15-30)26-25(21-9-3-2-4-10-21)27(33)32(28(26)34)19-22-11-5-6-13-24(22)29/h2-13,18H,14-17,19H2,1H3. The Labute approximate surface area is 198 Å². The lowest BCUT2D eigenvalue weighted by molar-refractivity contribution is -0.138. The number of amides is 2. The van der Waals surface area contributed by atoms with Crippen LogP contribution in [0.15, 0.2) is 84.6 Å². The second kappa shape index (κ2) is 9.14. The molecule has 1 fully saturated rings. The maximum absolute atomic E-state index is 14.3. The fourth-order valence-electron chi connectivity index (χ4n) is 4.68. The molecule has 0 bridgehead atoms. The van der Waals surface area contributed by atoms with Crippen LogP contribution in [0.2, 0.25) is 0 Å². The molecule has 2 heterocycles. The van der Waals surface area contributed by atoms with E-state index in [9.17, 15) is 14.0 Å². The van der Waals surface area contributed by atoms with E-state index >= 15 is 0 Å². The van der Waals surface area contributed by atoms with E-state index in [4.69, 9.17) is 0 Å². The van der Waals surface area contributed by atoms with E-state index in [0.717, 1.165) is 18.8 Å². The number of hydrogen-bond acceptors (Lipinski definition) is 4. The smallest absolute Gasteiger partial charge is 0.278 e. The van der Waals surface area contributed by atoms with Crippen molar-refractivity contribution < 1.29 is 14.0 Å². The number of benzene rings is 3. The predicted molar refractivity (Wildman–Crippen MR) is 130 cm³/mol. The quantitative estimate of drug-likeness (QED) is 0.540. The van der Waals surface area contributed by atoms with Gasteiger partial charge in [-0.05, 0) is 36.2 Å². The number of carbonyl (C=O) groups excluding carboxylic acids is 2. The van der Waals surface area contributed by atoms with Gasteiger partial charge in [0.2, 0.25) is 0 Å². The zero-order valence-electron chi connectivity index (χ0n) is 19.1. The molecule has 5 nitrogen and oxygen atoms in total. The number of anilines is 1. The lowest BCUT2D eigenvalue weighted by atomic mass is 10.0. The van der Waals surface area contributed by atoms with Crippen molar-refractivity contribution in [1.29, 1.82) is 0 Å². The SMILES string of the molecule is Cc1cccc(N2CCN(C3=C(c4ccccc4)C(=O)N(Cc4ccccc4F)C3=O)CC2)c1. The molecule has 1 saturated heterocycles. The van der Waals surface area contributed by atoms with Gasteiger partial charge in [-0.1, -0.05) is 60.7 Å². The molecule has 0 aromatic heterocycles. The number of imide groups is 1. The topological polar surface area (TPSA) is 43.9 Å². The summed E-state index contributed by atoms with van der Waals surface area (Å²) < 4.78 is 14.3.